The zero-order valence-corrected chi connectivity index (χ0v) is 16.5. The van der Waals surface area contributed by atoms with E-state index in [9.17, 15) is 0 Å². The average Bonchev–Trinajstić information content (AvgIpc) is 3.25. The van der Waals surface area contributed by atoms with Crippen LogP contribution in [0.25, 0.3) is 0 Å². The minimum absolute atomic E-state index is 0.500. The van der Waals surface area contributed by atoms with Crippen LogP contribution >= 0.6 is 0 Å². The Morgan fingerprint density at radius 3 is 2.25 bits per heavy atom. The standard InChI is InChI=1S/C19H33N7O2/c20-5-7-27-9-10-28-8-6-21-17-24-18(22-15-3-4-15)26-19(25-17)23-16-12-13-1-2-14(16)11-13/h13-16H,1-12,20H2,(H3,21,22,23,24,25,26). The van der Waals surface area contributed by atoms with E-state index < -0.39 is 0 Å². The molecule has 3 unspecified atom stereocenters. The van der Waals surface area contributed by atoms with Crippen LogP contribution in [0, 0.1) is 11.8 Å². The largest absolute Gasteiger partial charge is 0.378 e. The van der Waals surface area contributed by atoms with Gasteiger partial charge in [0, 0.05) is 25.2 Å². The van der Waals surface area contributed by atoms with Gasteiger partial charge in [-0.25, -0.2) is 0 Å². The summed E-state index contributed by atoms with van der Waals surface area (Å²) in [6.07, 6.45) is 7.68. The molecule has 0 amide bonds. The van der Waals surface area contributed by atoms with Crippen molar-refractivity contribution in [3.8, 4) is 0 Å². The third kappa shape index (κ3) is 5.65. The van der Waals surface area contributed by atoms with Crippen molar-refractivity contribution in [1.29, 1.82) is 0 Å². The van der Waals surface area contributed by atoms with Crippen molar-refractivity contribution in [2.75, 3.05) is 55.5 Å². The van der Waals surface area contributed by atoms with Gasteiger partial charge in [-0.3, -0.25) is 0 Å². The van der Waals surface area contributed by atoms with Gasteiger partial charge in [-0.05, 0) is 43.9 Å². The number of nitrogens with two attached hydrogens (primary N) is 1. The lowest BCUT2D eigenvalue weighted by Crippen LogP contribution is -2.27. The van der Waals surface area contributed by atoms with E-state index in [2.05, 4.69) is 30.9 Å². The van der Waals surface area contributed by atoms with Crippen LogP contribution in [0.15, 0.2) is 0 Å². The lowest BCUT2D eigenvalue weighted by molar-refractivity contribution is 0.0547. The van der Waals surface area contributed by atoms with E-state index in [1.165, 1.54) is 38.5 Å². The maximum Gasteiger partial charge on any atom is 0.229 e. The van der Waals surface area contributed by atoms with Gasteiger partial charge in [0.1, 0.15) is 0 Å². The minimum atomic E-state index is 0.500. The summed E-state index contributed by atoms with van der Waals surface area (Å²) in [6.45, 7) is 3.44. The lowest BCUT2D eigenvalue weighted by Gasteiger charge is -2.23. The van der Waals surface area contributed by atoms with Crippen molar-refractivity contribution in [2.45, 2.75) is 50.6 Å². The van der Waals surface area contributed by atoms with Crippen molar-refractivity contribution in [2.24, 2.45) is 17.6 Å². The van der Waals surface area contributed by atoms with Crippen molar-refractivity contribution in [3.05, 3.63) is 0 Å². The number of aromatic nitrogens is 3. The van der Waals surface area contributed by atoms with Gasteiger partial charge in [-0.1, -0.05) is 6.42 Å². The molecule has 5 N–H and O–H groups in total. The summed E-state index contributed by atoms with van der Waals surface area (Å²) in [5, 5.41) is 10.2. The summed E-state index contributed by atoms with van der Waals surface area (Å²) < 4.78 is 10.8. The fourth-order valence-electron chi connectivity index (χ4n) is 4.22. The van der Waals surface area contributed by atoms with E-state index >= 15 is 0 Å². The van der Waals surface area contributed by atoms with Crippen LogP contribution in [0.5, 0.6) is 0 Å². The van der Waals surface area contributed by atoms with Crippen LogP contribution < -0.4 is 21.7 Å². The van der Waals surface area contributed by atoms with E-state index in [1.807, 2.05) is 0 Å². The van der Waals surface area contributed by atoms with Crippen LogP contribution in [0.2, 0.25) is 0 Å². The Hall–Kier alpha value is -1.71. The van der Waals surface area contributed by atoms with E-state index in [0.717, 1.165) is 11.8 Å². The molecular formula is C19H33N7O2. The minimum Gasteiger partial charge on any atom is -0.378 e. The predicted octanol–water partition coefficient (Wildman–Crippen LogP) is 1.45. The number of rotatable bonds is 13. The molecule has 3 fully saturated rings. The second kappa shape index (κ2) is 9.67. The first-order chi connectivity index (χ1) is 13.8. The quantitative estimate of drug-likeness (QED) is 0.370. The molecule has 3 aliphatic carbocycles. The maximum atomic E-state index is 5.55. The topological polar surface area (TPSA) is 119 Å². The molecular weight excluding hydrogens is 358 g/mol. The normalized spacial score (nSPS) is 25.8. The van der Waals surface area contributed by atoms with Gasteiger partial charge in [0.15, 0.2) is 0 Å². The fourth-order valence-corrected chi connectivity index (χ4v) is 4.22. The molecule has 156 valence electrons. The van der Waals surface area contributed by atoms with Crippen LogP contribution in [0.3, 0.4) is 0 Å². The molecule has 3 atom stereocenters. The highest BCUT2D eigenvalue weighted by atomic mass is 16.5. The molecule has 0 saturated heterocycles. The van der Waals surface area contributed by atoms with Crippen LogP contribution in [0.1, 0.15) is 38.5 Å². The molecule has 9 nitrogen and oxygen atoms in total. The Labute approximate surface area is 166 Å². The van der Waals surface area contributed by atoms with E-state index in [1.54, 1.807) is 0 Å². The molecule has 0 aliphatic heterocycles. The summed E-state index contributed by atoms with van der Waals surface area (Å²) >= 11 is 0. The summed E-state index contributed by atoms with van der Waals surface area (Å²) in [7, 11) is 0. The summed E-state index contributed by atoms with van der Waals surface area (Å²) in [5.74, 6) is 3.58. The summed E-state index contributed by atoms with van der Waals surface area (Å²) in [4.78, 5) is 13.7. The molecule has 1 aromatic heterocycles. The second-order valence-corrected chi connectivity index (χ2v) is 8.09. The molecule has 3 aliphatic rings. The highest BCUT2D eigenvalue weighted by molar-refractivity contribution is 5.44. The molecule has 28 heavy (non-hydrogen) atoms. The first-order valence-electron chi connectivity index (χ1n) is 10.7. The zero-order chi connectivity index (χ0) is 19.2. The summed E-state index contributed by atoms with van der Waals surface area (Å²) in [6, 6.07) is 1.00. The Balaban J connectivity index is 1.27. The number of hydrogen-bond donors (Lipinski definition) is 4. The van der Waals surface area contributed by atoms with Crippen LogP contribution in [-0.4, -0.2) is 66.6 Å². The molecule has 2 bridgehead atoms. The molecule has 4 rings (SSSR count). The molecule has 0 spiro atoms. The van der Waals surface area contributed by atoms with E-state index in [0.29, 0.717) is 69.4 Å². The monoisotopic (exact) mass is 391 g/mol. The van der Waals surface area contributed by atoms with Gasteiger partial charge in [0.05, 0.1) is 26.4 Å². The Bertz CT molecular complexity index is 628. The number of fused-ring (bicyclic) bond motifs is 2. The van der Waals surface area contributed by atoms with Gasteiger partial charge in [-0.2, -0.15) is 15.0 Å². The van der Waals surface area contributed by atoms with E-state index in [4.69, 9.17) is 15.2 Å². The van der Waals surface area contributed by atoms with Crippen LogP contribution in [-0.2, 0) is 9.47 Å². The van der Waals surface area contributed by atoms with Gasteiger partial charge < -0.3 is 31.2 Å². The summed E-state index contributed by atoms with van der Waals surface area (Å²) in [5.41, 5.74) is 5.38. The molecule has 3 saturated carbocycles. The Morgan fingerprint density at radius 2 is 1.57 bits per heavy atom. The zero-order valence-electron chi connectivity index (χ0n) is 16.5. The Kier molecular flexibility index (Phi) is 6.77. The maximum absolute atomic E-state index is 5.55. The molecule has 9 heteroatoms. The third-order valence-electron chi connectivity index (χ3n) is 5.76. The predicted molar refractivity (Wildman–Crippen MR) is 109 cm³/mol. The van der Waals surface area contributed by atoms with Crippen molar-refractivity contribution in [3.63, 3.8) is 0 Å². The highest BCUT2D eigenvalue weighted by Gasteiger charge is 2.39. The first-order valence-corrected chi connectivity index (χ1v) is 10.7. The Morgan fingerprint density at radius 1 is 0.821 bits per heavy atom. The molecule has 0 aromatic carbocycles. The smallest absolute Gasteiger partial charge is 0.229 e. The fraction of sp³-hybridized carbons (Fsp3) is 0.842. The van der Waals surface area contributed by atoms with Gasteiger partial charge in [-0.15, -0.1) is 0 Å². The van der Waals surface area contributed by atoms with Crippen LogP contribution in [0.4, 0.5) is 17.8 Å². The van der Waals surface area contributed by atoms with Gasteiger partial charge in [0.2, 0.25) is 17.8 Å². The SMILES string of the molecule is NCCOCCOCCNc1nc(NC2CC2)nc(NC2CC3CCC2C3)n1. The number of anilines is 3. The highest BCUT2D eigenvalue weighted by Crippen LogP contribution is 2.45. The van der Waals surface area contributed by atoms with Crippen molar-refractivity contribution >= 4 is 17.8 Å². The second-order valence-electron chi connectivity index (χ2n) is 8.09. The number of nitrogens with zero attached hydrogens (tertiary/aromatic N) is 3. The molecule has 1 heterocycles. The van der Waals surface area contributed by atoms with Gasteiger partial charge >= 0.3 is 0 Å². The number of nitrogens with one attached hydrogen (secondary N) is 3. The third-order valence-corrected chi connectivity index (χ3v) is 5.76. The van der Waals surface area contributed by atoms with Gasteiger partial charge in [0.25, 0.3) is 0 Å². The lowest BCUT2D eigenvalue weighted by atomic mass is 9.95. The van der Waals surface area contributed by atoms with Crippen molar-refractivity contribution < 1.29 is 9.47 Å². The number of hydrogen-bond acceptors (Lipinski definition) is 9. The average molecular weight is 392 g/mol. The van der Waals surface area contributed by atoms with Crippen molar-refractivity contribution in [1.82, 2.24) is 15.0 Å². The van der Waals surface area contributed by atoms with E-state index in [-0.39, 0.29) is 0 Å². The molecule has 0 radical (unpaired) electrons. The number of ether oxygens (including phenoxy) is 2. The molecule has 1 aromatic rings. The first kappa shape index (κ1) is 19.6.